The van der Waals surface area contributed by atoms with Crippen molar-refractivity contribution < 1.29 is 14.3 Å². The lowest BCUT2D eigenvalue weighted by Gasteiger charge is -2.27. The second-order valence-electron chi connectivity index (χ2n) is 7.73. The van der Waals surface area contributed by atoms with E-state index in [1.165, 1.54) is 5.56 Å². The molecule has 1 heterocycles. The number of carbonyl (C=O) groups is 2. The molecule has 1 unspecified atom stereocenters. The molecular weight excluding hydrogens is 342 g/mol. The van der Waals surface area contributed by atoms with E-state index in [2.05, 4.69) is 10.2 Å². The zero-order valence-corrected chi connectivity index (χ0v) is 17.0. The first-order chi connectivity index (χ1) is 12.9. The molecule has 0 saturated carbocycles. The summed E-state index contributed by atoms with van der Waals surface area (Å²) in [4.78, 5) is 28.6. The van der Waals surface area contributed by atoms with Crippen molar-refractivity contribution in [2.45, 2.75) is 46.7 Å². The monoisotopic (exact) mass is 375 g/mol. The van der Waals surface area contributed by atoms with Gasteiger partial charge in [0.05, 0.1) is 12.6 Å². The van der Waals surface area contributed by atoms with Gasteiger partial charge in [-0.3, -0.25) is 9.69 Å². The number of benzene rings is 1. The molecule has 0 spiro atoms. The summed E-state index contributed by atoms with van der Waals surface area (Å²) in [5, 5.41) is 3.02. The highest BCUT2D eigenvalue weighted by Gasteiger charge is 2.26. The third-order valence-corrected chi connectivity index (χ3v) is 4.84. The van der Waals surface area contributed by atoms with E-state index in [1.54, 1.807) is 4.90 Å². The first-order valence-electron chi connectivity index (χ1n) is 9.86. The van der Waals surface area contributed by atoms with Crippen molar-refractivity contribution in [3.05, 3.63) is 35.4 Å². The van der Waals surface area contributed by atoms with Gasteiger partial charge in [-0.05, 0) is 31.7 Å². The Morgan fingerprint density at radius 2 is 1.78 bits per heavy atom. The molecule has 2 amide bonds. The number of nitrogens with zero attached hydrogens (tertiary/aromatic N) is 2. The Hall–Kier alpha value is -2.08. The predicted octanol–water partition coefficient (Wildman–Crippen LogP) is 2.80. The summed E-state index contributed by atoms with van der Waals surface area (Å²) in [6.45, 7) is 11.7. The topological polar surface area (TPSA) is 61.9 Å². The molecular formula is C21H33N3O3. The quantitative estimate of drug-likeness (QED) is 0.831. The van der Waals surface area contributed by atoms with Gasteiger partial charge < -0.3 is 15.0 Å². The third-order valence-electron chi connectivity index (χ3n) is 4.84. The van der Waals surface area contributed by atoms with Crippen molar-refractivity contribution in [2.24, 2.45) is 5.92 Å². The Morgan fingerprint density at radius 1 is 1.07 bits per heavy atom. The molecule has 2 rings (SSSR count). The first kappa shape index (κ1) is 21.2. The zero-order valence-electron chi connectivity index (χ0n) is 17.0. The molecule has 0 bridgehead atoms. The van der Waals surface area contributed by atoms with Gasteiger partial charge in [-0.15, -0.1) is 0 Å². The number of hydrogen-bond acceptors (Lipinski definition) is 4. The number of nitrogens with one attached hydrogen (secondary N) is 1. The fourth-order valence-corrected chi connectivity index (χ4v) is 3.05. The Balaban J connectivity index is 1.80. The molecule has 0 aliphatic carbocycles. The van der Waals surface area contributed by atoms with Crippen LogP contribution in [0.2, 0.25) is 0 Å². The minimum absolute atomic E-state index is 0.0198. The van der Waals surface area contributed by atoms with E-state index in [4.69, 9.17) is 4.74 Å². The van der Waals surface area contributed by atoms with Gasteiger partial charge >= 0.3 is 6.09 Å². The molecule has 1 aliphatic heterocycles. The van der Waals surface area contributed by atoms with Gasteiger partial charge in [-0.1, -0.05) is 43.7 Å². The molecule has 150 valence electrons. The van der Waals surface area contributed by atoms with Crippen LogP contribution in [-0.2, 0) is 16.1 Å². The van der Waals surface area contributed by atoms with Crippen molar-refractivity contribution in [3.63, 3.8) is 0 Å². The van der Waals surface area contributed by atoms with Crippen molar-refractivity contribution in [2.75, 3.05) is 32.8 Å². The Bertz CT molecular complexity index is 616. The summed E-state index contributed by atoms with van der Waals surface area (Å²) in [6, 6.07) is 7.95. The highest BCUT2D eigenvalue weighted by molar-refractivity contribution is 5.81. The van der Waals surface area contributed by atoms with Crippen molar-refractivity contribution in [1.29, 1.82) is 0 Å². The van der Waals surface area contributed by atoms with Gasteiger partial charge in [-0.2, -0.15) is 0 Å². The van der Waals surface area contributed by atoms with Crippen LogP contribution in [0.15, 0.2) is 24.3 Å². The van der Waals surface area contributed by atoms with Gasteiger partial charge in [0.1, 0.15) is 0 Å². The van der Waals surface area contributed by atoms with Crippen LogP contribution in [0.25, 0.3) is 0 Å². The number of amides is 2. The zero-order chi connectivity index (χ0) is 19.8. The average molecular weight is 376 g/mol. The lowest BCUT2D eigenvalue weighted by atomic mass is 10.1. The molecule has 0 radical (unpaired) electrons. The Kier molecular flexibility index (Phi) is 8.10. The molecule has 1 fully saturated rings. The number of rotatable bonds is 6. The molecule has 1 aliphatic rings. The van der Waals surface area contributed by atoms with Crippen LogP contribution in [0, 0.1) is 12.8 Å². The fraction of sp³-hybridized carbons (Fsp3) is 0.619. The molecule has 1 saturated heterocycles. The van der Waals surface area contributed by atoms with Crippen LogP contribution in [-0.4, -0.2) is 60.6 Å². The van der Waals surface area contributed by atoms with E-state index < -0.39 is 0 Å². The molecule has 1 aromatic carbocycles. The average Bonchev–Trinajstić information content (AvgIpc) is 2.91. The molecule has 1 N–H and O–H groups in total. The molecule has 27 heavy (non-hydrogen) atoms. The highest BCUT2D eigenvalue weighted by Crippen LogP contribution is 2.10. The molecule has 6 heteroatoms. The van der Waals surface area contributed by atoms with Crippen molar-refractivity contribution in [3.8, 4) is 0 Å². The standard InChI is InChI=1S/C21H33N3O3/c1-16(2)15-27-21(26)24-11-5-10-23(12-13-24)18(4)20(25)22-14-19-8-6-17(3)7-9-19/h6-9,16,18H,5,10-15H2,1-4H3,(H,22,25). The maximum Gasteiger partial charge on any atom is 0.409 e. The van der Waals surface area contributed by atoms with E-state index in [-0.39, 0.29) is 18.0 Å². The summed E-state index contributed by atoms with van der Waals surface area (Å²) in [5.41, 5.74) is 2.30. The van der Waals surface area contributed by atoms with Gasteiger partial charge in [0.25, 0.3) is 0 Å². The van der Waals surface area contributed by atoms with Crippen LogP contribution < -0.4 is 5.32 Å². The maximum atomic E-state index is 12.5. The van der Waals surface area contributed by atoms with E-state index in [0.29, 0.717) is 38.7 Å². The fourth-order valence-electron chi connectivity index (χ4n) is 3.05. The lowest BCUT2D eigenvalue weighted by molar-refractivity contribution is -0.126. The third kappa shape index (κ3) is 6.86. The smallest absolute Gasteiger partial charge is 0.409 e. The summed E-state index contributed by atoms with van der Waals surface area (Å²) < 4.78 is 5.33. The summed E-state index contributed by atoms with van der Waals surface area (Å²) in [6.07, 6.45) is 0.592. The Morgan fingerprint density at radius 3 is 2.44 bits per heavy atom. The number of hydrogen-bond donors (Lipinski definition) is 1. The van der Waals surface area contributed by atoms with Crippen LogP contribution in [0.1, 0.15) is 38.3 Å². The lowest BCUT2D eigenvalue weighted by Crippen LogP contribution is -2.46. The van der Waals surface area contributed by atoms with E-state index in [1.807, 2.05) is 52.0 Å². The van der Waals surface area contributed by atoms with Crippen LogP contribution in [0.3, 0.4) is 0 Å². The number of carbonyl (C=O) groups excluding carboxylic acids is 2. The van der Waals surface area contributed by atoms with Crippen molar-refractivity contribution >= 4 is 12.0 Å². The number of aryl methyl sites for hydroxylation is 1. The molecule has 6 nitrogen and oxygen atoms in total. The highest BCUT2D eigenvalue weighted by atomic mass is 16.6. The molecule has 1 aromatic rings. The normalized spacial score (nSPS) is 16.7. The first-order valence-corrected chi connectivity index (χ1v) is 9.86. The second-order valence-corrected chi connectivity index (χ2v) is 7.73. The van der Waals surface area contributed by atoms with Crippen molar-refractivity contribution in [1.82, 2.24) is 15.1 Å². The van der Waals surface area contributed by atoms with E-state index in [0.717, 1.165) is 18.5 Å². The van der Waals surface area contributed by atoms with E-state index in [9.17, 15) is 9.59 Å². The van der Waals surface area contributed by atoms with Crippen LogP contribution >= 0.6 is 0 Å². The van der Waals surface area contributed by atoms with Gasteiger partial charge in [0, 0.05) is 32.7 Å². The second kappa shape index (κ2) is 10.3. The molecule has 0 aromatic heterocycles. The van der Waals surface area contributed by atoms with Gasteiger partial charge in [0.15, 0.2) is 0 Å². The Labute approximate surface area is 162 Å². The van der Waals surface area contributed by atoms with Crippen LogP contribution in [0.5, 0.6) is 0 Å². The minimum Gasteiger partial charge on any atom is -0.449 e. The van der Waals surface area contributed by atoms with Gasteiger partial charge in [-0.25, -0.2) is 4.79 Å². The predicted molar refractivity (Wildman–Crippen MR) is 106 cm³/mol. The summed E-state index contributed by atoms with van der Waals surface area (Å²) in [7, 11) is 0. The maximum absolute atomic E-state index is 12.5. The largest absolute Gasteiger partial charge is 0.449 e. The summed E-state index contributed by atoms with van der Waals surface area (Å²) in [5.74, 6) is 0.348. The molecule has 1 atom stereocenters. The number of ether oxygens (including phenoxy) is 1. The minimum atomic E-state index is -0.248. The van der Waals surface area contributed by atoms with Crippen LogP contribution in [0.4, 0.5) is 4.79 Å². The van der Waals surface area contributed by atoms with Gasteiger partial charge in [0.2, 0.25) is 5.91 Å². The van der Waals surface area contributed by atoms with E-state index >= 15 is 0 Å². The summed E-state index contributed by atoms with van der Waals surface area (Å²) >= 11 is 0. The SMILES string of the molecule is Cc1ccc(CNC(=O)C(C)N2CCCN(C(=O)OCC(C)C)CC2)cc1.